The molecule has 0 saturated carbocycles. The molecule has 2 rings (SSSR count). The van der Waals surface area contributed by atoms with E-state index in [-0.39, 0.29) is 17.5 Å². The molecule has 0 N–H and O–H groups in total. The predicted octanol–water partition coefficient (Wildman–Crippen LogP) is 2.65. The molecule has 1 unspecified atom stereocenters. The minimum Gasteiger partial charge on any atom is -0.336 e. The summed E-state index contributed by atoms with van der Waals surface area (Å²) in [6.07, 6.45) is 0.767. The minimum atomic E-state index is -0.514. The van der Waals surface area contributed by atoms with Gasteiger partial charge in [-0.15, -0.1) is 0 Å². The highest BCUT2D eigenvalue weighted by atomic mass is 79.9. The van der Waals surface area contributed by atoms with E-state index in [2.05, 4.69) is 26.9 Å². The van der Waals surface area contributed by atoms with Crippen LogP contribution in [0.25, 0.3) is 0 Å². The van der Waals surface area contributed by atoms with Gasteiger partial charge in [-0.25, -0.2) is 4.39 Å². The van der Waals surface area contributed by atoms with Crippen molar-refractivity contribution in [1.29, 1.82) is 5.26 Å². The number of benzene rings is 1. The van der Waals surface area contributed by atoms with Gasteiger partial charge in [0.2, 0.25) is 0 Å². The Labute approximate surface area is 132 Å². The van der Waals surface area contributed by atoms with Crippen LogP contribution in [0.3, 0.4) is 0 Å². The Balaban J connectivity index is 2.06. The summed E-state index contributed by atoms with van der Waals surface area (Å²) in [6.45, 7) is 4.28. The van der Waals surface area contributed by atoms with Crippen LogP contribution in [0.5, 0.6) is 0 Å². The lowest BCUT2D eigenvalue weighted by atomic mass is 10.1. The maximum atomic E-state index is 13.8. The maximum Gasteiger partial charge on any atom is 0.258 e. The number of rotatable bonds is 3. The van der Waals surface area contributed by atoms with Crippen LogP contribution in [-0.4, -0.2) is 47.9 Å². The van der Waals surface area contributed by atoms with E-state index in [1.54, 1.807) is 17.0 Å². The van der Waals surface area contributed by atoms with Gasteiger partial charge in [-0.3, -0.25) is 9.69 Å². The number of halogens is 2. The van der Waals surface area contributed by atoms with Crippen molar-refractivity contribution >= 4 is 21.8 Å². The van der Waals surface area contributed by atoms with Gasteiger partial charge >= 0.3 is 0 Å². The van der Waals surface area contributed by atoms with Crippen molar-refractivity contribution in [2.45, 2.75) is 19.4 Å². The molecule has 1 heterocycles. The lowest BCUT2D eigenvalue weighted by Crippen LogP contribution is -2.51. The van der Waals surface area contributed by atoms with Crippen molar-refractivity contribution in [3.8, 4) is 6.07 Å². The molecule has 112 valence electrons. The second-order valence-electron chi connectivity index (χ2n) is 4.98. The number of nitrogens with zero attached hydrogens (tertiary/aromatic N) is 3. The summed E-state index contributed by atoms with van der Waals surface area (Å²) in [5.41, 5.74) is 0.0817. The standard InChI is InChI=1S/C15H17BrFN3O/c1-2-11(10-18)19-6-8-20(9-7-19)15(21)14-12(16)4-3-5-13(14)17/h3-5,11H,2,6-9H2,1H3. The summed E-state index contributed by atoms with van der Waals surface area (Å²) in [6, 6.07) is 6.67. The van der Waals surface area contributed by atoms with Crippen LogP contribution in [0.1, 0.15) is 23.7 Å². The third-order valence-electron chi connectivity index (χ3n) is 3.75. The lowest BCUT2D eigenvalue weighted by molar-refractivity contribution is 0.0599. The van der Waals surface area contributed by atoms with Crippen molar-refractivity contribution < 1.29 is 9.18 Å². The molecule has 1 atom stereocenters. The minimum absolute atomic E-state index is 0.0817. The van der Waals surface area contributed by atoms with Crippen molar-refractivity contribution in [3.63, 3.8) is 0 Å². The Kier molecular flexibility index (Phi) is 5.32. The maximum absolute atomic E-state index is 13.8. The van der Waals surface area contributed by atoms with Crippen molar-refractivity contribution in [3.05, 3.63) is 34.1 Å². The highest BCUT2D eigenvalue weighted by molar-refractivity contribution is 9.10. The number of hydrogen-bond donors (Lipinski definition) is 0. The van der Waals surface area contributed by atoms with Gasteiger partial charge in [-0.05, 0) is 34.5 Å². The third kappa shape index (κ3) is 3.42. The van der Waals surface area contributed by atoms with E-state index < -0.39 is 5.82 Å². The Bertz CT molecular complexity index is 544. The monoisotopic (exact) mass is 353 g/mol. The normalized spacial score (nSPS) is 17.3. The fourth-order valence-corrected chi connectivity index (χ4v) is 3.04. The van der Waals surface area contributed by atoms with E-state index in [4.69, 9.17) is 5.26 Å². The molecular weight excluding hydrogens is 337 g/mol. The first-order chi connectivity index (χ1) is 10.1. The molecule has 1 aliphatic heterocycles. The molecule has 1 fully saturated rings. The summed E-state index contributed by atoms with van der Waals surface area (Å²) in [5.74, 6) is -0.815. The molecule has 0 aromatic heterocycles. The SMILES string of the molecule is CCC(C#N)N1CCN(C(=O)c2c(F)cccc2Br)CC1. The van der Waals surface area contributed by atoms with Gasteiger partial charge in [0.1, 0.15) is 5.82 Å². The first-order valence-electron chi connectivity index (χ1n) is 6.95. The zero-order valence-corrected chi connectivity index (χ0v) is 13.4. The van der Waals surface area contributed by atoms with Crippen LogP contribution in [-0.2, 0) is 0 Å². The van der Waals surface area contributed by atoms with Crippen LogP contribution in [0.2, 0.25) is 0 Å². The van der Waals surface area contributed by atoms with Crippen molar-refractivity contribution in [1.82, 2.24) is 9.80 Å². The zero-order chi connectivity index (χ0) is 15.4. The Morgan fingerprint density at radius 1 is 1.43 bits per heavy atom. The Morgan fingerprint density at radius 2 is 2.10 bits per heavy atom. The third-order valence-corrected chi connectivity index (χ3v) is 4.42. The number of piperazine rings is 1. The largest absolute Gasteiger partial charge is 0.336 e. The average Bonchev–Trinajstić information content (AvgIpc) is 2.49. The average molecular weight is 354 g/mol. The summed E-state index contributed by atoms with van der Waals surface area (Å²) in [4.78, 5) is 16.1. The van der Waals surface area contributed by atoms with Gasteiger partial charge < -0.3 is 4.90 Å². The van der Waals surface area contributed by atoms with E-state index in [0.717, 1.165) is 6.42 Å². The molecule has 1 amide bonds. The van der Waals surface area contributed by atoms with E-state index in [9.17, 15) is 9.18 Å². The van der Waals surface area contributed by atoms with Crippen LogP contribution < -0.4 is 0 Å². The van der Waals surface area contributed by atoms with Crippen LogP contribution in [0.4, 0.5) is 4.39 Å². The molecular formula is C15H17BrFN3O. The van der Waals surface area contributed by atoms with E-state index >= 15 is 0 Å². The van der Waals surface area contributed by atoms with Crippen LogP contribution >= 0.6 is 15.9 Å². The molecule has 4 nitrogen and oxygen atoms in total. The lowest BCUT2D eigenvalue weighted by Gasteiger charge is -2.36. The first-order valence-corrected chi connectivity index (χ1v) is 7.74. The van der Waals surface area contributed by atoms with Crippen LogP contribution in [0.15, 0.2) is 22.7 Å². The van der Waals surface area contributed by atoms with E-state index in [0.29, 0.717) is 30.7 Å². The van der Waals surface area contributed by atoms with Gasteiger partial charge in [-0.1, -0.05) is 13.0 Å². The fourth-order valence-electron chi connectivity index (χ4n) is 2.53. The molecule has 1 aliphatic rings. The topological polar surface area (TPSA) is 47.3 Å². The summed E-state index contributed by atoms with van der Waals surface area (Å²) >= 11 is 3.23. The van der Waals surface area contributed by atoms with Crippen molar-refractivity contribution in [2.75, 3.05) is 26.2 Å². The highest BCUT2D eigenvalue weighted by Crippen LogP contribution is 2.22. The Morgan fingerprint density at radius 3 is 2.62 bits per heavy atom. The number of hydrogen-bond acceptors (Lipinski definition) is 3. The summed E-state index contributed by atoms with van der Waals surface area (Å²) in [7, 11) is 0. The predicted molar refractivity (Wildman–Crippen MR) is 81.3 cm³/mol. The molecule has 6 heteroatoms. The summed E-state index contributed by atoms with van der Waals surface area (Å²) in [5, 5.41) is 9.08. The Hall–Kier alpha value is -1.45. The van der Waals surface area contributed by atoms with Gasteiger partial charge in [0.05, 0.1) is 17.7 Å². The van der Waals surface area contributed by atoms with Crippen molar-refractivity contribution in [2.24, 2.45) is 0 Å². The fraction of sp³-hybridized carbons (Fsp3) is 0.467. The quantitative estimate of drug-likeness (QED) is 0.839. The molecule has 21 heavy (non-hydrogen) atoms. The van der Waals surface area contributed by atoms with Gasteiger partial charge in [-0.2, -0.15) is 5.26 Å². The highest BCUT2D eigenvalue weighted by Gasteiger charge is 2.27. The smallest absolute Gasteiger partial charge is 0.258 e. The second-order valence-corrected chi connectivity index (χ2v) is 5.83. The van der Waals surface area contributed by atoms with E-state index in [1.165, 1.54) is 6.07 Å². The molecule has 1 saturated heterocycles. The number of carbonyl (C=O) groups excluding carboxylic acids is 1. The molecule has 1 aromatic carbocycles. The number of amides is 1. The second kappa shape index (κ2) is 7.01. The number of nitriles is 1. The van der Waals surface area contributed by atoms with Crippen LogP contribution in [0, 0.1) is 17.1 Å². The number of carbonyl (C=O) groups is 1. The molecule has 0 aliphatic carbocycles. The van der Waals surface area contributed by atoms with Gasteiger partial charge in [0, 0.05) is 30.7 Å². The van der Waals surface area contributed by atoms with E-state index in [1.807, 2.05) is 6.92 Å². The molecule has 0 radical (unpaired) electrons. The van der Waals surface area contributed by atoms with Gasteiger partial charge in [0.25, 0.3) is 5.91 Å². The molecule has 0 bridgehead atoms. The van der Waals surface area contributed by atoms with Gasteiger partial charge in [0.15, 0.2) is 0 Å². The zero-order valence-electron chi connectivity index (χ0n) is 11.9. The summed E-state index contributed by atoms with van der Waals surface area (Å²) < 4.78 is 14.3. The molecule has 1 aromatic rings. The molecule has 0 spiro atoms. The first kappa shape index (κ1) is 15.9.